The highest BCUT2D eigenvalue weighted by atomic mass is 32.1. The topological polar surface area (TPSA) is 98.1 Å². The number of likely N-dealkylation sites (N-methyl/N-ethyl adjacent to an activating group) is 1. The van der Waals surface area contributed by atoms with Crippen LogP contribution in [0, 0.1) is 11.8 Å². The lowest BCUT2D eigenvalue weighted by Gasteiger charge is -2.34. The Morgan fingerprint density at radius 2 is 2.12 bits per heavy atom. The van der Waals surface area contributed by atoms with Crippen LogP contribution in [-0.2, 0) is 11.3 Å². The van der Waals surface area contributed by atoms with E-state index < -0.39 is 12.1 Å². The Morgan fingerprint density at radius 3 is 2.88 bits per heavy atom. The molecular formula is C23H26N7O2S+. The van der Waals surface area contributed by atoms with Crippen LogP contribution in [-0.4, -0.2) is 86.8 Å². The van der Waals surface area contributed by atoms with Gasteiger partial charge in [0.25, 0.3) is 5.91 Å². The number of amides is 3. The summed E-state index contributed by atoms with van der Waals surface area (Å²) in [6.07, 6.45) is 1.92. The molecule has 0 saturated carbocycles. The second kappa shape index (κ2) is 8.57. The van der Waals surface area contributed by atoms with Crippen molar-refractivity contribution in [2.75, 3.05) is 26.7 Å². The largest absolute Gasteiger partial charge is 0.393 e. The summed E-state index contributed by atoms with van der Waals surface area (Å²) >= 11 is 1.49. The number of nitrogens with zero attached hydrogens (tertiary/aromatic N) is 6. The van der Waals surface area contributed by atoms with Crippen LogP contribution in [0.4, 0.5) is 4.79 Å². The molecule has 2 N–H and O–H groups in total. The fourth-order valence-electron chi connectivity index (χ4n) is 4.54. The molecule has 2 saturated heterocycles. The minimum absolute atomic E-state index is 0.0544. The van der Waals surface area contributed by atoms with Crippen LogP contribution >= 0.6 is 11.3 Å². The number of thiazole rings is 1. The maximum atomic E-state index is 13.7. The van der Waals surface area contributed by atoms with Crippen LogP contribution in [0.15, 0.2) is 29.3 Å². The van der Waals surface area contributed by atoms with Crippen molar-refractivity contribution >= 4 is 45.3 Å². The van der Waals surface area contributed by atoms with Gasteiger partial charge in [-0.3, -0.25) is 19.2 Å². The van der Waals surface area contributed by atoms with Crippen LogP contribution in [0.5, 0.6) is 0 Å². The molecule has 2 atom stereocenters. The van der Waals surface area contributed by atoms with Gasteiger partial charge in [-0.1, -0.05) is 23.0 Å². The Kier molecular flexibility index (Phi) is 5.60. The highest BCUT2D eigenvalue weighted by molar-refractivity contribution is 7.18. The smallest absolute Gasteiger partial charge is 0.325 e. The summed E-state index contributed by atoms with van der Waals surface area (Å²) in [7, 11) is 1.67. The number of hydrogen-bond acceptors (Lipinski definition) is 5. The molecule has 1 unspecified atom stereocenters. The van der Waals surface area contributed by atoms with E-state index in [1.807, 2.05) is 29.2 Å². The first-order valence-corrected chi connectivity index (χ1v) is 11.9. The maximum absolute atomic E-state index is 13.7. The van der Waals surface area contributed by atoms with E-state index in [0.717, 1.165) is 34.6 Å². The van der Waals surface area contributed by atoms with Gasteiger partial charge in [0.2, 0.25) is 11.9 Å². The van der Waals surface area contributed by atoms with E-state index in [9.17, 15) is 9.59 Å². The molecule has 2 aromatic rings. The quantitative estimate of drug-likeness (QED) is 0.545. The minimum Gasteiger partial charge on any atom is -0.325 e. The van der Waals surface area contributed by atoms with Crippen LogP contribution < -0.4 is 5.73 Å². The molecule has 5 rings (SSSR count). The molecule has 170 valence electrons. The summed E-state index contributed by atoms with van der Waals surface area (Å²) in [6.45, 7) is 3.71. The summed E-state index contributed by atoms with van der Waals surface area (Å²) in [5, 5.41) is 0.718. The Labute approximate surface area is 196 Å². The predicted octanol–water partition coefficient (Wildman–Crippen LogP) is 1.29. The lowest BCUT2D eigenvalue weighted by molar-refractivity contribution is -0.544. The van der Waals surface area contributed by atoms with Gasteiger partial charge in [0, 0.05) is 13.1 Å². The van der Waals surface area contributed by atoms with Gasteiger partial charge >= 0.3 is 12.0 Å². The maximum Gasteiger partial charge on any atom is 0.393 e. The highest BCUT2D eigenvalue weighted by Gasteiger charge is 2.56. The van der Waals surface area contributed by atoms with Crippen molar-refractivity contribution in [3.8, 4) is 11.8 Å². The number of rotatable bonds is 3. The normalized spacial score (nSPS) is 25.3. The molecule has 3 aliphatic rings. The Hall–Kier alpha value is -3.29. The molecular weight excluding hydrogens is 438 g/mol. The van der Waals surface area contributed by atoms with Crippen molar-refractivity contribution in [3.05, 3.63) is 29.3 Å². The number of guanidine groups is 1. The van der Waals surface area contributed by atoms with Crippen LogP contribution in [0.3, 0.4) is 0 Å². The number of aliphatic imine (C=N–C) groups is 1. The molecule has 1 aromatic carbocycles. The molecule has 1 aromatic heterocycles. The summed E-state index contributed by atoms with van der Waals surface area (Å²) in [5.41, 5.74) is 7.07. The average Bonchev–Trinajstić information content (AvgIpc) is 3.40. The second-order valence-corrected chi connectivity index (χ2v) is 9.53. The van der Waals surface area contributed by atoms with E-state index in [1.165, 1.54) is 21.1 Å². The van der Waals surface area contributed by atoms with E-state index in [2.05, 4.69) is 21.4 Å². The number of carbonyl (C=O) groups is 2. The number of carbonyl (C=O) groups excluding carboxylic acids is 2. The number of nitrogens with two attached hydrogens (primary N) is 1. The first-order valence-electron chi connectivity index (χ1n) is 11.0. The van der Waals surface area contributed by atoms with Gasteiger partial charge in [-0.2, -0.15) is 0 Å². The van der Waals surface area contributed by atoms with Gasteiger partial charge in [-0.15, -0.1) is 17.3 Å². The molecule has 3 amide bonds. The number of piperidine rings is 1. The Balaban J connectivity index is 1.50. The van der Waals surface area contributed by atoms with Gasteiger partial charge in [0.15, 0.2) is 0 Å². The molecule has 9 nitrogen and oxygen atoms in total. The van der Waals surface area contributed by atoms with E-state index >= 15 is 0 Å². The SMILES string of the molecule is CC#CCN1C(=[N+]2CCC[C@@H](N)C2)N=C2C1C(=O)N(Cc1nc3ccccc3s1)C(=O)N2C. The summed E-state index contributed by atoms with van der Waals surface area (Å²) < 4.78 is 3.14. The highest BCUT2D eigenvalue weighted by Crippen LogP contribution is 2.28. The van der Waals surface area contributed by atoms with Gasteiger partial charge in [-0.25, -0.2) is 14.7 Å². The van der Waals surface area contributed by atoms with Crippen molar-refractivity contribution in [3.63, 3.8) is 0 Å². The molecule has 4 heterocycles. The minimum atomic E-state index is -0.698. The van der Waals surface area contributed by atoms with E-state index in [1.54, 1.807) is 14.0 Å². The number of aromatic nitrogens is 1. The molecule has 0 radical (unpaired) electrons. The van der Waals surface area contributed by atoms with Crippen molar-refractivity contribution in [1.29, 1.82) is 0 Å². The van der Waals surface area contributed by atoms with Gasteiger partial charge in [-0.05, 0) is 31.9 Å². The average molecular weight is 465 g/mol. The molecule has 33 heavy (non-hydrogen) atoms. The first kappa shape index (κ1) is 21.6. The Morgan fingerprint density at radius 1 is 1.30 bits per heavy atom. The monoisotopic (exact) mass is 464 g/mol. The second-order valence-electron chi connectivity index (χ2n) is 8.42. The van der Waals surface area contributed by atoms with Crippen LogP contribution in [0.25, 0.3) is 10.2 Å². The number of fused-ring (bicyclic) bond motifs is 2. The summed E-state index contributed by atoms with van der Waals surface area (Å²) in [4.78, 5) is 40.9. The van der Waals surface area contributed by atoms with Crippen molar-refractivity contribution in [2.24, 2.45) is 10.7 Å². The lowest BCUT2D eigenvalue weighted by atomic mass is 10.1. The first-order chi connectivity index (χ1) is 16.0. The summed E-state index contributed by atoms with van der Waals surface area (Å²) in [5.74, 6) is 6.79. The van der Waals surface area contributed by atoms with E-state index in [0.29, 0.717) is 24.9 Å². The number of benzene rings is 1. The number of imide groups is 1. The van der Waals surface area contributed by atoms with E-state index in [-0.39, 0.29) is 18.5 Å². The standard InChI is InChI=1S/C23H26N7O2S/c1-3-4-12-29-19-20(26-22(29)28-11-7-8-15(24)13-28)27(2)23(32)30(21(19)31)14-18-25-16-9-5-6-10-17(16)33-18/h5-6,9-10,15,19H,7-8,11-14,24H2,1-2H3/q+1/t15-,19?/m1/s1. The third-order valence-electron chi connectivity index (χ3n) is 6.19. The fraction of sp³-hybridized carbons (Fsp3) is 0.435. The third kappa shape index (κ3) is 3.77. The number of para-hydroxylation sites is 1. The number of urea groups is 1. The van der Waals surface area contributed by atoms with Gasteiger partial charge in [0.1, 0.15) is 11.6 Å². The predicted molar refractivity (Wildman–Crippen MR) is 127 cm³/mol. The molecule has 10 heteroatoms. The zero-order chi connectivity index (χ0) is 23.1. The summed E-state index contributed by atoms with van der Waals surface area (Å²) in [6, 6.07) is 6.75. The van der Waals surface area contributed by atoms with E-state index in [4.69, 9.17) is 10.7 Å². The van der Waals surface area contributed by atoms with Crippen molar-refractivity contribution in [2.45, 2.75) is 38.4 Å². The number of hydrogen-bond donors (Lipinski definition) is 1. The van der Waals surface area contributed by atoms with Crippen LogP contribution in [0.1, 0.15) is 24.8 Å². The zero-order valence-electron chi connectivity index (χ0n) is 18.7. The lowest BCUT2D eigenvalue weighted by Crippen LogP contribution is -2.63. The van der Waals surface area contributed by atoms with Crippen LogP contribution in [0.2, 0.25) is 0 Å². The molecule has 0 spiro atoms. The number of amidine groups is 1. The van der Waals surface area contributed by atoms with Crippen molar-refractivity contribution in [1.82, 2.24) is 19.7 Å². The zero-order valence-corrected chi connectivity index (χ0v) is 19.5. The van der Waals surface area contributed by atoms with Gasteiger partial charge < -0.3 is 5.73 Å². The fourth-order valence-corrected chi connectivity index (χ4v) is 5.50. The molecule has 0 aliphatic carbocycles. The third-order valence-corrected chi connectivity index (χ3v) is 7.21. The van der Waals surface area contributed by atoms with Gasteiger partial charge in [0.05, 0.1) is 29.9 Å². The molecule has 2 fully saturated rings. The van der Waals surface area contributed by atoms with Crippen molar-refractivity contribution < 1.29 is 14.2 Å². The molecule has 0 bridgehead atoms. The Bertz CT molecular complexity index is 1220. The molecule has 3 aliphatic heterocycles.